The van der Waals surface area contributed by atoms with E-state index in [1.165, 1.54) is 11.3 Å². The van der Waals surface area contributed by atoms with E-state index in [2.05, 4.69) is 75.4 Å². The standard InChI is InChI=1S/C16H20BrN3/c1-3-18-11-15-10-16(8-9-19-15)20(2)12-13-4-6-14(17)7-5-13/h4-10,18H,3,11-12H2,1-2H3. The molecule has 0 saturated carbocycles. The first-order valence-electron chi connectivity index (χ1n) is 6.80. The van der Waals surface area contributed by atoms with Crippen molar-refractivity contribution in [2.45, 2.75) is 20.0 Å². The summed E-state index contributed by atoms with van der Waals surface area (Å²) in [4.78, 5) is 6.62. The van der Waals surface area contributed by atoms with Crippen LogP contribution in [-0.4, -0.2) is 18.6 Å². The number of hydrogen-bond donors (Lipinski definition) is 1. The molecule has 1 aromatic carbocycles. The molecule has 2 aromatic rings. The number of hydrogen-bond acceptors (Lipinski definition) is 3. The molecular formula is C16H20BrN3. The Morgan fingerprint density at radius 3 is 2.65 bits per heavy atom. The molecule has 0 bridgehead atoms. The largest absolute Gasteiger partial charge is 0.370 e. The molecule has 0 aliphatic heterocycles. The first-order chi connectivity index (χ1) is 9.69. The minimum absolute atomic E-state index is 0.816. The van der Waals surface area contributed by atoms with Crippen molar-refractivity contribution in [1.29, 1.82) is 0 Å². The average molecular weight is 334 g/mol. The number of pyridine rings is 1. The molecule has 3 nitrogen and oxygen atoms in total. The lowest BCUT2D eigenvalue weighted by atomic mass is 10.2. The number of rotatable bonds is 6. The van der Waals surface area contributed by atoms with E-state index in [0.29, 0.717) is 0 Å². The highest BCUT2D eigenvalue weighted by molar-refractivity contribution is 9.10. The quantitative estimate of drug-likeness (QED) is 0.875. The van der Waals surface area contributed by atoms with Gasteiger partial charge in [-0.15, -0.1) is 0 Å². The zero-order chi connectivity index (χ0) is 14.4. The summed E-state index contributed by atoms with van der Waals surface area (Å²) in [5.74, 6) is 0. The highest BCUT2D eigenvalue weighted by atomic mass is 79.9. The van der Waals surface area contributed by atoms with Gasteiger partial charge in [0.1, 0.15) is 0 Å². The number of anilines is 1. The number of nitrogens with one attached hydrogen (secondary N) is 1. The van der Waals surface area contributed by atoms with Gasteiger partial charge in [-0.25, -0.2) is 0 Å². The average Bonchev–Trinajstić information content (AvgIpc) is 2.48. The maximum absolute atomic E-state index is 4.38. The van der Waals surface area contributed by atoms with Gasteiger partial charge in [0.25, 0.3) is 0 Å². The molecule has 0 aliphatic carbocycles. The third kappa shape index (κ3) is 4.32. The minimum Gasteiger partial charge on any atom is -0.370 e. The summed E-state index contributed by atoms with van der Waals surface area (Å²) in [6, 6.07) is 12.6. The van der Waals surface area contributed by atoms with Crippen molar-refractivity contribution < 1.29 is 0 Å². The van der Waals surface area contributed by atoms with Crippen LogP contribution in [0.5, 0.6) is 0 Å². The van der Waals surface area contributed by atoms with Crippen LogP contribution in [-0.2, 0) is 13.1 Å². The van der Waals surface area contributed by atoms with E-state index in [9.17, 15) is 0 Å². The summed E-state index contributed by atoms with van der Waals surface area (Å²) >= 11 is 3.46. The van der Waals surface area contributed by atoms with Crippen molar-refractivity contribution in [2.75, 3.05) is 18.5 Å². The van der Waals surface area contributed by atoms with E-state index >= 15 is 0 Å². The van der Waals surface area contributed by atoms with Gasteiger partial charge in [0.05, 0.1) is 5.69 Å². The topological polar surface area (TPSA) is 28.2 Å². The van der Waals surface area contributed by atoms with Crippen LogP contribution in [0.1, 0.15) is 18.2 Å². The van der Waals surface area contributed by atoms with Gasteiger partial charge >= 0.3 is 0 Å². The van der Waals surface area contributed by atoms with Gasteiger partial charge in [-0.05, 0) is 36.4 Å². The van der Waals surface area contributed by atoms with Gasteiger partial charge in [0.15, 0.2) is 0 Å². The predicted octanol–water partition coefficient (Wildman–Crippen LogP) is 3.59. The fourth-order valence-corrected chi connectivity index (χ4v) is 2.27. The van der Waals surface area contributed by atoms with Gasteiger partial charge in [0, 0.05) is 36.5 Å². The lowest BCUT2D eigenvalue weighted by Crippen LogP contribution is -2.18. The van der Waals surface area contributed by atoms with Crippen molar-refractivity contribution >= 4 is 21.6 Å². The zero-order valence-corrected chi connectivity index (χ0v) is 13.5. The van der Waals surface area contributed by atoms with E-state index in [4.69, 9.17) is 0 Å². The van der Waals surface area contributed by atoms with Crippen LogP contribution >= 0.6 is 15.9 Å². The van der Waals surface area contributed by atoms with Crippen LogP contribution < -0.4 is 10.2 Å². The Morgan fingerprint density at radius 1 is 1.20 bits per heavy atom. The van der Waals surface area contributed by atoms with Gasteiger partial charge in [0.2, 0.25) is 0 Å². The summed E-state index contributed by atoms with van der Waals surface area (Å²) in [6.45, 7) is 4.76. The fourth-order valence-electron chi connectivity index (χ4n) is 2.01. The third-order valence-electron chi connectivity index (χ3n) is 3.13. The second-order valence-electron chi connectivity index (χ2n) is 4.77. The van der Waals surface area contributed by atoms with Gasteiger partial charge < -0.3 is 10.2 Å². The van der Waals surface area contributed by atoms with E-state index in [1.807, 2.05) is 12.3 Å². The number of halogens is 1. The van der Waals surface area contributed by atoms with Crippen LogP contribution in [0.3, 0.4) is 0 Å². The molecule has 2 rings (SSSR count). The normalized spacial score (nSPS) is 10.6. The van der Waals surface area contributed by atoms with Gasteiger partial charge in [-0.3, -0.25) is 4.98 Å². The highest BCUT2D eigenvalue weighted by Crippen LogP contribution is 2.17. The molecule has 4 heteroatoms. The molecule has 1 N–H and O–H groups in total. The molecule has 0 spiro atoms. The molecule has 106 valence electrons. The smallest absolute Gasteiger partial charge is 0.0562 e. The molecular weight excluding hydrogens is 314 g/mol. The molecule has 0 fully saturated rings. The van der Waals surface area contributed by atoms with Crippen molar-refractivity contribution in [3.63, 3.8) is 0 Å². The lowest BCUT2D eigenvalue weighted by Gasteiger charge is -2.20. The maximum atomic E-state index is 4.38. The lowest BCUT2D eigenvalue weighted by molar-refractivity contribution is 0.710. The van der Waals surface area contributed by atoms with Crippen molar-refractivity contribution in [1.82, 2.24) is 10.3 Å². The zero-order valence-electron chi connectivity index (χ0n) is 11.9. The van der Waals surface area contributed by atoms with Crippen LogP contribution in [0, 0.1) is 0 Å². The first kappa shape index (κ1) is 15.0. The SMILES string of the molecule is CCNCc1cc(N(C)Cc2ccc(Br)cc2)ccn1. The van der Waals surface area contributed by atoms with E-state index in [0.717, 1.165) is 29.8 Å². The van der Waals surface area contributed by atoms with Crippen molar-refractivity contribution in [2.24, 2.45) is 0 Å². The highest BCUT2D eigenvalue weighted by Gasteiger charge is 2.04. The number of benzene rings is 1. The summed E-state index contributed by atoms with van der Waals surface area (Å²) in [6.07, 6.45) is 1.88. The Morgan fingerprint density at radius 2 is 1.95 bits per heavy atom. The summed E-state index contributed by atoms with van der Waals surface area (Å²) in [7, 11) is 2.11. The molecule has 0 saturated heterocycles. The summed E-state index contributed by atoms with van der Waals surface area (Å²) in [5, 5.41) is 3.30. The Labute approximate surface area is 129 Å². The van der Waals surface area contributed by atoms with Crippen molar-refractivity contribution in [3.05, 3.63) is 58.3 Å². The predicted molar refractivity (Wildman–Crippen MR) is 87.9 cm³/mol. The molecule has 0 atom stereocenters. The first-order valence-corrected chi connectivity index (χ1v) is 7.59. The maximum Gasteiger partial charge on any atom is 0.0562 e. The van der Waals surface area contributed by atoms with Gasteiger partial charge in [-0.2, -0.15) is 0 Å². The Kier molecular flexibility index (Phi) is 5.56. The van der Waals surface area contributed by atoms with E-state index in [1.54, 1.807) is 0 Å². The van der Waals surface area contributed by atoms with Crippen LogP contribution in [0.2, 0.25) is 0 Å². The Balaban J connectivity index is 2.04. The second-order valence-corrected chi connectivity index (χ2v) is 5.68. The summed E-state index contributed by atoms with van der Waals surface area (Å²) < 4.78 is 1.11. The number of aromatic nitrogens is 1. The molecule has 0 amide bonds. The van der Waals surface area contributed by atoms with Gasteiger partial charge in [-0.1, -0.05) is 35.0 Å². The molecule has 1 aromatic heterocycles. The third-order valence-corrected chi connectivity index (χ3v) is 3.66. The van der Waals surface area contributed by atoms with E-state index < -0.39 is 0 Å². The fraction of sp³-hybridized carbons (Fsp3) is 0.312. The Bertz CT molecular complexity index is 540. The monoisotopic (exact) mass is 333 g/mol. The molecule has 0 radical (unpaired) electrons. The molecule has 0 unspecified atom stereocenters. The van der Waals surface area contributed by atoms with E-state index in [-0.39, 0.29) is 0 Å². The number of nitrogens with zero attached hydrogens (tertiary/aromatic N) is 2. The minimum atomic E-state index is 0.816. The Hall–Kier alpha value is -1.39. The van der Waals surface area contributed by atoms with Crippen LogP contribution in [0.25, 0.3) is 0 Å². The van der Waals surface area contributed by atoms with Crippen LogP contribution in [0.4, 0.5) is 5.69 Å². The molecule has 0 aliphatic rings. The molecule has 1 heterocycles. The summed E-state index contributed by atoms with van der Waals surface area (Å²) in [5.41, 5.74) is 3.56. The van der Waals surface area contributed by atoms with Crippen LogP contribution in [0.15, 0.2) is 47.1 Å². The molecule has 20 heavy (non-hydrogen) atoms. The second kappa shape index (κ2) is 7.41. The van der Waals surface area contributed by atoms with Crippen molar-refractivity contribution in [3.8, 4) is 0 Å².